The van der Waals surface area contributed by atoms with E-state index in [-0.39, 0.29) is 6.04 Å². The number of hydrogen-bond donors (Lipinski definition) is 2. The van der Waals surface area contributed by atoms with E-state index >= 15 is 0 Å². The number of benzene rings is 1. The number of nitrogens with one attached hydrogen (secondary N) is 1. The average Bonchev–Trinajstić information content (AvgIpc) is 3.43. The topological polar surface area (TPSA) is 101 Å². The van der Waals surface area contributed by atoms with Crippen LogP contribution in [0.1, 0.15) is 43.3 Å². The zero-order valence-corrected chi connectivity index (χ0v) is 18.4. The Hall–Kier alpha value is -3.81. The van der Waals surface area contributed by atoms with E-state index < -0.39 is 0 Å². The molecule has 0 spiro atoms. The van der Waals surface area contributed by atoms with Gasteiger partial charge in [-0.3, -0.25) is 4.99 Å². The van der Waals surface area contributed by atoms with Gasteiger partial charge in [-0.1, -0.05) is 19.1 Å². The number of nitrogens with zero attached hydrogens (tertiary/aromatic N) is 6. The number of rotatable bonds is 7. The Bertz CT molecular complexity index is 1330. The Balaban J connectivity index is 1.48. The van der Waals surface area contributed by atoms with Gasteiger partial charge in [-0.2, -0.15) is 0 Å². The Morgan fingerprint density at radius 2 is 2.09 bits per heavy atom. The van der Waals surface area contributed by atoms with Crippen LogP contribution in [0.5, 0.6) is 5.75 Å². The normalized spacial score (nSPS) is 15.5. The van der Waals surface area contributed by atoms with Crippen molar-refractivity contribution < 1.29 is 5.11 Å². The Kier molecular flexibility index (Phi) is 5.05. The van der Waals surface area contributed by atoms with Crippen molar-refractivity contribution >= 4 is 34.5 Å². The van der Waals surface area contributed by atoms with Crippen molar-refractivity contribution in [3.8, 4) is 5.75 Å². The number of aromatic nitrogens is 4. The molecule has 5 rings (SSSR count). The molecule has 1 aromatic carbocycles. The minimum absolute atomic E-state index is 0.272. The lowest BCUT2D eigenvalue weighted by atomic mass is 10.1. The maximum Gasteiger partial charge on any atom is 0.166 e. The van der Waals surface area contributed by atoms with E-state index in [9.17, 15) is 5.11 Å². The fourth-order valence-corrected chi connectivity index (χ4v) is 3.68. The molecular formula is C24H25N7O. The summed E-state index contributed by atoms with van der Waals surface area (Å²) in [5.74, 6) is 1.61. The van der Waals surface area contributed by atoms with E-state index in [4.69, 9.17) is 9.97 Å². The van der Waals surface area contributed by atoms with Gasteiger partial charge in [-0.05, 0) is 50.0 Å². The summed E-state index contributed by atoms with van der Waals surface area (Å²) in [6, 6.07) is 5.95. The highest BCUT2D eigenvalue weighted by Crippen LogP contribution is 2.29. The summed E-state index contributed by atoms with van der Waals surface area (Å²) in [7, 11) is 0. The first-order valence-electron chi connectivity index (χ1n) is 10.8. The molecule has 32 heavy (non-hydrogen) atoms. The second kappa shape index (κ2) is 8.03. The van der Waals surface area contributed by atoms with Crippen molar-refractivity contribution in [1.82, 2.24) is 19.5 Å². The minimum Gasteiger partial charge on any atom is -0.508 e. The Morgan fingerprint density at radius 1 is 1.22 bits per heavy atom. The van der Waals surface area contributed by atoms with Crippen molar-refractivity contribution in [1.29, 1.82) is 0 Å². The molecule has 2 N–H and O–H groups in total. The van der Waals surface area contributed by atoms with Crippen LogP contribution in [-0.4, -0.2) is 43.1 Å². The maximum absolute atomic E-state index is 9.76. The number of anilines is 1. The van der Waals surface area contributed by atoms with Crippen LogP contribution in [0.2, 0.25) is 0 Å². The van der Waals surface area contributed by atoms with Crippen molar-refractivity contribution in [3.63, 3.8) is 0 Å². The quantitative estimate of drug-likeness (QED) is 0.588. The van der Waals surface area contributed by atoms with Crippen molar-refractivity contribution in [2.24, 2.45) is 9.98 Å². The molecule has 0 radical (unpaired) electrons. The molecular weight excluding hydrogens is 402 g/mol. The van der Waals surface area contributed by atoms with Gasteiger partial charge in [0.05, 0.1) is 18.2 Å². The number of aliphatic imine (C=N–C) groups is 2. The first-order valence-corrected chi connectivity index (χ1v) is 10.8. The van der Waals surface area contributed by atoms with Crippen LogP contribution in [0.4, 0.5) is 5.82 Å². The molecule has 3 aromatic rings. The average molecular weight is 428 g/mol. The summed E-state index contributed by atoms with van der Waals surface area (Å²) in [4.78, 5) is 22.9. The number of phenolic OH excluding ortho intramolecular Hbond substituents is 1. The van der Waals surface area contributed by atoms with Crippen molar-refractivity contribution in [2.75, 3.05) is 11.9 Å². The third-order valence-electron chi connectivity index (χ3n) is 5.87. The molecule has 0 fully saturated rings. The molecule has 2 aromatic heterocycles. The number of fused-ring (bicyclic) bond motifs is 2. The monoisotopic (exact) mass is 427 g/mol. The first kappa shape index (κ1) is 20.1. The fraction of sp³-hybridized carbons (Fsp3) is 0.292. The number of hydrogen-bond acceptors (Lipinski definition) is 7. The van der Waals surface area contributed by atoms with Gasteiger partial charge in [0.15, 0.2) is 17.3 Å². The summed E-state index contributed by atoms with van der Waals surface area (Å²) in [6.45, 7) is 6.89. The molecule has 0 saturated carbocycles. The number of aromatic hydroxyl groups is 1. The van der Waals surface area contributed by atoms with E-state index in [1.54, 1.807) is 18.5 Å². The van der Waals surface area contributed by atoms with E-state index in [1.807, 2.05) is 31.5 Å². The molecule has 1 unspecified atom stereocenters. The first-order chi connectivity index (χ1) is 15.5. The lowest BCUT2D eigenvalue weighted by Crippen LogP contribution is -2.10. The largest absolute Gasteiger partial charge is 0.508 e. The molecule has 0 saturated heterocycles. The molecule has 0 aliphatic carbocycles. The highest BCUT2D eigenvalue weighted by Gasteiger charge is 2.22. The molecule has 8 nitrogen and oxygen atoms in total. The summed E-state index contributed by atoms with van der Waals surface area (Å²) in [5.41, 5.74) is 6.23. The van der Waals surface area contributed by atoms with Crippen LogP contribution in [0.25, 0.3) is 16.7 Å². The Morgan fingerprint density at radius 3 is 2.91 bits per heavy atom. The highest BCUT2D eigenvalue weighted by molar-refractivity contribution is 6.46. The fourth-order valence-electron chi connectivity index (χ4n) is 3.68. The smallest absolute Gasteiger partial charge is 0.166 e. The minimum atomic E-state index is 0.272. The number of phenols is 1. The predicted molar refractivity (Wildman–Crippen MR) is 127 cm³/mol. The molecule has 1 atom stereocenters. The predicted octanol–water partition coefficient (Wildman–Crippen LogP) is 4.23. The summed E-state index contributed by atoms with van der Waals surface area (Å²) in [5, 5.41) is 13.2. The van der Waals surface area contributed by atoms with Gasteiger partial charge < -0.3 is 15.0 Å². The van der Waals surface area contributed by atoms with E-state index in [0.717, 1.165) is 52.1 Å². The number of aryl methyl sites for hydroxylation is 1. The number of allylic oxidation sites excluding steroid dienone is 3. The van der Waals surface area contributed by atoms with Gasteiger partial charge in [0.25, 0.3) is 0 Å². The third-order valence-corrected chi connectivity index (χ3v) is 5.87. The van der Waals surface area contributed by atoms with Crippen LogP contribution in [0.15, 0.2) is 52.5 Å². The molecule has 0 bridgehead atoms. The summed E-state index contributed by atoms with van der Waals surface area (Å²) in [6.07, 6.45) is 9.10. The summed E-state index contributed by atoms with van der Waals surface area (Å²) >= 11 is 0. The van der Waals surface area contributed by atoms with Gasteiger partial charge in [0.1, 0.15) is 17.0 Å². The van der Waals surface area contributed by atoms with Gasteiger partial charge in [0.2, 0.25) is 0 Å². The summed E-state index contributed by atoms with van der Waals surface area (Å²) < 4.78 is 2.10. The third kappa shape index (κ3) is 3.79. The van der Waals surface area contributed by atoms with Crippen LogP contribution in [0.3, 0.4) is 0 Å². The zero-order valence-electron chi connectivity index (χ0n) is 18.4. The Labute approximate surface area is 186 Å². The SMILES string of the molecule is CCC(C)n1cnc2c(NCCc3ccc(O)c(C)c3)nc(C3=CN=CC4=NC4=C3)nc21. The van der Waals surface area contributed by atoms with E-state index in [0.29, 0.717) is 23.9 Å². The maximum atomic E-state index is 9.76. The second-order valence-electron chi connectivity index (χ2n) is 8.16. The van der Waals surface area contributed by atoms with Gasteiger partial charge in [-0.15, -0.1) is 0 Å². The molecule has 4 heterocycles. The van der Waals surface area contributed by atoms with Crippen LogP contribution in [0, 0.1) is 6.92 Å². The second-order valence-corrected chi connectivity index (χ2v) is 8.16. The van der Waals surface area contributed by atoms with Crippen molar-refractivity contribution in [2.45, 2.75) is 39.7 Å². The molecule has 8 heteroatoms. The molecule has 0 amide bonds. The van der Waals surface area contributed by atoms with Crippen LogP contribution < -0.4 is 5.32 Å². The van der Waals surface area contributed by atoms with Gasteiger partial charge in [0, 0.05) is 24.4 Å². The number of imidazole rings is 1. The molecule has 2 aliphatic heterocycles. The zero-order chi connectivity index (χ0) is 22.2. The lowest BCUT2D eigenvalue weighted by Gasteiger charge is -2.13. The van der Waals surface area contributed by atoms with E-state index in [1.165, 1.54) is 0 Å². The standard InChI is InChI=1S/C24H25N7O/c1-4-15(3)31-13-27-21-23(26-8-7-16-5-6-20(32)14(2)9-16)29-22(30-24(21)31)17-10-18-19(28-18)12-25-11-17/h5-6,9-13,15,32H,4,7-8H2,1-3H3,(H,26,29,30). The van der Waals surface area contributed by atoms with Crippen LogP contribution in [-0.2, 0) is 6.42 Å². The van der Waals surface area contributed by atoms with Gasteiger partial charge in [-0.25, -0.2) is 19.9 Å². The molecule has 162 valence electrons. The molecule has 2 aliphatic rings. The van der Waals surface area contributed by atoms with Crippen LogP contribution >= 0.6 is 0 Å². The highest BCUT2D eigenvalue weighted by atomic mass is 16.3. The van der Waals surface area contributed by atoms with E-state index in [2.05, 4.69) is 38.7 Å². The lowest BCUT2D eigenvalue weighted by molar-refractivity contribution is 0.471. The van der Waals surface area contributed by atoms with Crippen molar-refractivity contribution in [3.05, 3.63) is 59.5 Å². The van der Waals surface area contributed by atoms with Gasteiger partial charge >= 0.3 is 0 Å².